The second kappa shape index (κ2) is 6.97. The summed E-state index contributed by atoms with van der Waals surface area (Å²) < 4.78 is 4.55. The molecule has 1 aromatic heterocycles. The van der Waals surface area contributed by atoms with Gasteiger partial charge in [0.1, 0.15) is 0 Å². The van der Waals surface area contributed by atoms with Gasteiger partial charge in [-0.25, -0.2) is 0 Å². The Morgan fingerprint density at radius 2 is 1.87 bits per heavy atom. The van der Waals surface area contributed by atoms with Crippen LogP contribution in [-0.2, 0) is 0 Å². The van der Waals surface area contributed by atoms with Crippen LogP contribution in [0, 0.1) is 5.92 Å². The van der Waals surface area contributed by atoms with Gasteiger partial charge in [0.05, 0.1) is 0 Å². The molecule has 5 heteroatoms. The van der Waals surface area contributed by atoms with E-state index in [-0.39, 0.29) is 0 Å². The first-order valence-corrected chi connectivity index (χ1v) is 9.52. The highest BCUT2D eigenvalue weighted by atomic mass is 32.1. The second-order valence-corrected chi connectivity index (χ2v) is 7.46. The second-order valence-electron chi connectivity index (χ2n) is 6.73. The van der Waals surface area contributed by atoms with Crippen LogP contribution >= 0.6 is 11.5 Å². The van der Waals surface area contributed by atoms with E-state index in [2.05, 4.69) is 26.3 Å². The topological polar surface area (TPSA) is 32.3 Å². The van der Waals surface area contributed by atoms with Crippen LogP contribution in [0.2, 0.25) is 0 Å². The molecule has 1 unspecified atom stereocenters. The van der Waals surface area contributed by atoms with Crippen LogP contribution in [-0.4, -0.2) is 47.0 Å². The lowest BCUT2D eigenvalue weighted by atomic mass is 10.1. The Kier molecular flexibility index (Phi) is 4.57. The van der Waals surface area contributed by atoms with Gasteiger partial charge in [-0.15, -0.1) is 0 Å². The van der Waals surface area contributed by atoms with Crippen molar-refractivity contribution >= 4 is 16.7 Å². The zero-order valence-corrected chi connectivity index (χ0v) is 14.3. The molecule has 23 heavy (non-hydrogen) atoms. The third-order valence-corrected chi connectivity index (χ3v) is 5.75. The van der Waals surface area contributed by atoms with Crippen molar-refractivity contribution < 1.29 is 0 Å². The summed E-state index contributed by atoms with van der Waals surface area (Å²) in [5.41, 5.74) is 1.11. The minimum absolute atomic E-state index is 0.789. The molecule has 0 spiro atoms. The van der Waals surface area contributed by atoms with E-state index in [9.17, 15) is 0 Å². The molecule has 2 aliphatic rings. The average molecular weight is 328 g/mol. The van der Waals surface area contributed by atoms with E-state index in [0.717, 1.165) is 35.5 Å². The Morgan fingerprint density at radius 1 is 1.04 bits per heavy atom. The Balaban J connectivity index is 1.37. The first-order chi connectivity index (χ1) is 11.4. The number of likely N-dealkylation sites (tertiary alicyclic amines) is 1. The first-order valence-electron chi connectivity index (χ1n) is 8.75. The van der Waals surface area contributed by atoms with Gasteiger partial charge < -0.3 is 9.80 Å². The number of anilines is 1. The molecule has 2 saturated heterocycles. The Morgan fingerprint density at radius 3 is 2.70 bits per heavy atom. The molecule has 2 fully saturated rings. The minimum atomic E-state index is 0.789. The summed E-state index contributed by atoms with van der Waals surface area (Å²) in [6.45, 7) is 6.13. The summed E-state index contributed by atoms with van der Waals surface area (Å²) in [6.07, 6.45) is 5.47. The Labute approximate surface area is 142 Å². The number of nitrogens with zero attached hydrogens (tertiary/aromatic N) is 4. The molecule has 0 N–H and O–H groups in total. The fourth-order valence-corrected chi connectivity index (χ4v) is 4.43. The molecule has 2 aromatic rings. The highest BCUT2D eigenvalue weighted by molar-refractivity contribution is 7.09. The summed E-state index contributed by atoms with van der Waals surface area (Å²) in [4.78, 5) is 9.85. The van der Waals surface area contributed by atoms with Gasteiger partial charge in [0.15, 0.2) is 5.82 Å². The number of benzene rings is 1. The lowest BCUT2D eigenvalue weighted by molar-refractivity contribution is 0.201. The number of aromatic nitrogens is 2. The van der Waals surface area contributed by atoms with Crippen molar-refractivity contribution in [1.29, 1.82) is 0 Å². The molecule has 1 atom stereocenters. The molecule has 0 bridgehead atoms. The quantitative estimate of drug-likeness (QED) is 0.859. The zero-order chi connectivity index (χ0) is 15.5. The van der Waals surface area contributed by atoms with Crippen LogP contribution in [0.4, 0.5) is 5.13 Å². The van der Waals surface area contributed by atoms with Crippen LogP contribution in [0.5, 0.6) is 0 Å². The van der Waals surface area contributed by atoms with Crippen molar-refractivity contribution in [3.8, 4) is 11.4 Å². The third kappa shape index (κ3) is 3.56. The van der Waals surface area contributed by atoms with Crippen LogP contribution in [0.15, 0.2) is 30.3 Å². The van der Waals surface area contributed by atoms with Crippen LogP contribution in [0.1, 0.15) is 25.7 Å². The lowest BCUT2D eigenvalue weighted by Gasteiger charge is -2.28. The van der Waals surface area contributed by atoms with E-state index in [1.165, 1.54) is 45.3 Å². The maximum absolute atomic E-state index is 4.76. The molecule has 4 rings (SSSR count). The molecule has 1 aromatic carbocycles. The van der Waals surface area contributed by atoms with Gasteiger partial charge in [-0.2, -0.15) is 9.36 Å². The van der Waals surface area contributed by atoms with Crippen molar-refractivity contribution in [2.75, 3.05) is 37.6 Å². The SMILES string of the molecule is c1ccc(-c2nsc(N3CCC(CN4CCCCC4)C3)n2)cc1. The summed E-state index contributed by atoms with van der Waals surface area (Å²) in [6, 6.07) is 10.3. The van der Waals surface area contributed by atoms with E-state index < -0.39 is 0 Å². The van der Waals surface area contributed by atoms with Crippen molar-refractivity contribution in [3.63, 3.8) is 0 Å². The summed E-state index contributed by atoms with van der Waals surface area (Å²) in [5.74, 6) is 1.65. The maximum atomic E-state index is 4.76. The molecule has 0 saturated carbocycles. The molecular formula is C18H24N4S. The summed E-state index contributed by atoms with van der Waals surface area (Å²) in [7, 11) is 0. The Bertz CT molecular complexity index is 621. The van der Waals surface area contributed by atoms with E-state index in [1.807, 2.05) is 18.2 Å². The number of piperidine rings is 1. The first kappa shape index (κ1) is 15.1. The van der Waals surface area contributed by atoms with Crippen molar-refractivity contribution in [1.82, 2.24) is 14.3 Å². The van der Waals surface area contributed by atoms with Crippen molar-refractivity contribution in [2.24, 2.45) is 5.92 Å². The number of rotatable bonds is 4. The smallest absolute Gasteiger partial charge is 0.205 e. The highest BCUT2D eigenvalue weighted by Gasteiger charge is 2.27. The summed E-state index contributed by atoms with van der Waals surface area (Å²) >= 11 is 1.54. The monoisotopic (exact) mass is 328 g/mol. The summed E-state index contributed by atoms with van der Waals surface area (Å²) in [5, 5.41) is 1.09. The fraction of sp³-hybridized carbons (Fsp3) is 0.556. The van der Waals surface area contributed by atoms with Gasteiger partial charge in [0.2, 0.25) is 5.13 Å². The fourth-order valence-electron chi connectivity index (χ4n) is 3.71. The van der Waals surface area contributed by atoms with E-state index in [0.29, 0.717) is 0 Å². The predicted molar refractivity (Wildman–Crippen MR) is 96.0 cm³/mol. The van der Waals surface area contributed by atoms with Gasteiger partial charge in [-0.05, 0) is 38.3 Å². The molecular weight excluding hydrogens is 304 g/mol. The third-order valence-electron chi connectivity index (χ3n) is 4.97. The normalized spacial score (nSPS) is 22.6. The lowest BCUT2D eigenvalue weighted by Crippen LogP contribution is -2.35. The maximum Gasteiger partial charge on any atom is 0.205 e. The van der Waals surface area contributed by atoms with E-state index in [4.69, 9.17) is 4.98 Å². The molecule has 2 aliphatic heterocycles. The van der Waals surface area contributed by atoms with E-state index in [1.54, 1.807) is 11.5 Å². The predicted octanol–water partition coefficient (Wildman–Crippen LogP) is 3.52. The van der Waals surface area contributed by atoms with Gasteiger partial charge in [-0.3, -0.25) is 0 Å². The average Bonchev–Trinajstić information content (AvgIpc) is 3.26. The minimum Gasteiger partial charge on any atom is -0.347 e. The van der Waals surface area contributed by atoms with Gasteiger partial charge in [0, 0.05) is 36.7 Å². The number of hydrogen-bond donors (Lipinski definition) is 0. The largest absolute Gasteiger partial charge is 0.347 e. The van der Waals surface area contributed by atoms with Crippen LogP contribution in [0.3, 0.4) is 0 Å². The highest BCUT2D eigenvalue weighted by Crippen LogP contribution is 2.29. The molecule has 0 aliphatic carbocycles. The van der Waals surface area contributed by atoms with Crippen LogP contribution < -0.4 is 4.90 Å². The molecule has 3 heterocycles. The molecule has 0 radical (unpaired) electrons. The molecule has 122 valence electrons. The van der Waals surface area contributed by atoms with Crippen molar-refractivity contribution in [2.45, 2.75) is 25.7 Å². The van der Waals surface area contributed by atoms with E-state index >= 15 is 0 Å². The van der Waals surface area contributed by atoms with Gasteiger partial charge in [0.25, 0.3) is 0 Å². The van der Waals surface area contributed by atoms with Gasteiger partial charge >= 0.3 is 0 Å². The standard InChI is InChI=1S/C18H24N4S/c1-3-7-16(8-4-1)17-19-18(23-20-17)22-12-9-15(14-22)13-21-10-5-2-6-11-21/h1,3-4,7-8,15H,2,5-6,9-14H2. The number of hydrogen-bond acceptors (Lipinski definition) is 5. The molecule has 0 amide bonds. The zero-order valence-electron chi connectivity index (χ0n) is 13.5. The van der Waals surface area contributed by atoms with Crippen molar-refractivity contribution in [3.05, 3.63) is 30.3 Å². The van der Waals surface area contributed by atoms with Crippen LogP contribution in [0.25, 0.3) is 11.4 Å². The molecule has 4 nitrogen and oxygen atoms in total. The van der Waals surface area contributed by atoms with Gasteiger partial charge in [-0.1, -0.05) is 36.8 Å². The Hall–Kier alpha value is -1.46.